The number of methoxy groups -OCH3 is 1. The van der Waals surface area contributed by atoms with Crippen LogP contribution in [0.1, 0.15) is 6.92 Å². The molecule has 0 aromatic heterocycles. The fraction of sp³-hybridized carbons (Fsp3) is 0.667. The third-order valence-electron chi connectivity index (χ3n) is 5.93. The van der Waals surface area contributed by atoms with Gasteiger partial charge in [0, 0.05) is 83.7 Å². The molecule has 28 heavy (non-hydrogen) atoms. The normalized spacial score (nSPS) is 20.9. The quantitative estimate of drug-likeness (QED) is 0.601. The molecule has 0 bridgehead atoms. The van der Waals surface area contributed by atoms with E-state index in [-0.39, 0.29) is 0 Å². The number of hydrogen-bond acceptors (Lipinski definition) is 5. The van der Waals surface area contributed by atoms with E-state index in [1.807, 2.05) is 13.1 Å². The second kappa shape index (κ2) is 9.98. The molecule has 2 aliphatic heterocycles. The minimum absolute atomic E-state index is 0.517. The number of piperazine rings is 2. The molecular formula is C21H36N6O. The van der Waals surface area contributed by atoms with Crippen LogP contribution in [0, 0.1) is 0 Å². The molecule has 0 spiro atoms. The fourth-order valence-electron chi connectivity index (χ4n) is 3.95. The molecule has 1 aromatic carbocycles. The van der Waals surface area contributed by atoms with Crippen molar-refractivity contribution in [2.75, 3.05) is 85.0 Å². The van der Waals surface area contributed by atoms with Crippen molar-refractivity contribution in [3.63, 3.8) is 0 Å². The van der Waals surface area contributed by atoms with Crippen molar-refractivity contribution in [1.29, 1.82) is 0 Å². The highest BCUT2D eigenvalue weighted by Gasteiger charge is 2.22. The molecule has 1 atom stereocenters. The molecule has 1 N–H and O–H groups in total. The van der Waals surface area contributed by atoms with E-state index in [9.17, 15) is 0 Å². The molecular weight excluding hydrogens is 352 g/mol. The molecule has 0 amide bonds. The molecule has 2 saturated heterocycles. The van der Waals surface area contributed by atoms with Crippen LogP contribution in [0.3, 0.4) is 0 Å². The monoisotopic (exact) mass is 388 g/mol. The molecule has 7 nitrogen and oxygen atoms in total. The molecule has 2 aliphatic rings. The maximum Gasteiger partial charge on any atom is 0.193 e. The van der Waals surface area contributed by atoms with Crippen molar-refractivity contribution in [1.82, 2.24) is 20.0 Å². The predicted molar refractivity (Wildman–Crippen MR) is 117 cm³/mol. The first kappa shape index (κ1) is 20.7. The summed E-state index contributed by atoms with van der Waals surface area (Å²) >= 11 is 0. The Labute approximate surface area is 169 Å². The highest BCUT2D eigenvalue weighted by atomic mass is 16.5. The van der Waals surface area contributed by atoms with Gasteiger partial charge in [0.2, 0.25) is 0 Å². The van der Waals surface area contributed by atoms with Gasteiger partial charge in [-0.05, 0) is 26.1 Å². The lowest BCUT2D eigenvalue weighted by atomic mass is 10.2. The zero-order chi connectivity index (χ0) is 19.9. The zero-order valence-corrected chi connectivity index (χ0v) is 17.9. The molecule has 3 rings (SSSR count). The van der Waals surface area contributed by atoms with Gasteiger partial charge >= 0.3 is 0 Å². The highest BCUT2D eigenvalue weighted by Crippen LogP contribution is 2.22. The molecule has 156 valence electrons. The second-order valence-electron chi connectivity index (χ2n) is 7.79. The summed E-state index contributed by atoms with van der Waals surface area (Å²) in [7, 11) is 5.81. The highest BCUT2D eigenvalue weighted by molar-refractivity contribution is 5.80. The van der Waals surface area contributed by atoms with Gasteiger partial charge in [0.25, 0.3) is 0 Å². The molecule has 1 aromatic rings. The summed E-state index contributed by atoms with van der Waals surface area (Å²) in [6.45, 7) is 11.8. The van der Waals surface area contributed by atoms with Gasteiger partial charge in [0.15, 0.2) is 5.96 Å². The number of rotatable bonds is 5. The summed E-state index contributed by atoms with van der Waals surface area (Å²) in [5.41, 5.74) is 1.23. The van der Waals surface area contributed by atoms with Crippen molar-refractivity contribution in [2.24, 2.45) is 4.99 Å². The van der Waals surface area contributed by atoms with Crippen molar-refractivity contribution >= 4 is 11.6 Å². The number of nitrogens with one attached hydrogen (secondary N) is 1. The van der Waals surface area contributed by atoms with E-state index < -0.39 is 0 Å². The van der Waals surface area contributed by atoms with E-state index in [2.05, 4.69) is 62.1 Å². The molecule has 1 unspecified atom stereocenters. The van der Waals surface area contributed by atoms with Gasteiger partial charge in [-0.25, -0.2) is 0 Å². The van der Waals surface area contributed by atoms with Gasteiger partial charge in [-0.2, -0.15) is 0 Å². The molecule has 0 radical (unpaired) electrons. The minimum Gasteiger partial charge on any atom is -0.497 e. The van der Waals surface area contributed by atoms with Crippen molar-refractivity contribution < 1.29 is 4.74 Å². The van der Waals surface area contributed by atoms with Crippen molar-refractivity contribution in [3.8, 4) is 5.75 Å². The van der Waals surface area contributed by atoms with Crippen LogP contribution in [-0.2, 0) is 0 Å². The number of nitrogens with zero attached hydrogens (tertiary/aromatic N) is 5. The third kappa shape index (κ3) is 5.29. The lowest BCUT2D eigenvalue weighted by Crippen LogP contribution is -2.55. The average Bonchev–Trinajstić information content (AvgIpc) is 2.75. The molecule has 2 heterocycles. The molecule has 0 saturated carbocycles. The minimum atomic E-state index is 0.517. The van der Waals surface area contributed by atoms with Crippen LogP contribution >= 0.6 is 0 Å². The zero-order valence-electron chi connectivity index (χ0n) is 17.9. The second-order valence-corrected chi connectivity index (χ2v) is 7.79. The van der Waals surface area contributed by atoms with E-state index in [1.54, 1.807) is 7.11 Å². The lowest BCUT2D eigenvalue weighted by molar-refractivity contribution is 0.119. The van der Waals surface area contributed by atoms with E-state index in [1.165, 1.54) is 5.69 Å². The number of guanidine groups is 1. The van der Waals surface area contributed by atoms with E-state index >= 15 is 0 Å². The molecule has 7 heteroatoms. The van der Waals surface area contributed by atoms with Gasteiger partial charge in [-0.3, -0.25) is 9.89 Å². The first-order valence-electron chi connectivity index (χ1n) is 10.4. The van der Waals surface area contributed by atoms with Crippen LogP contribution in [0.2, 0.25) is 0 Å². The summed E-state index contributed by atoms with van der Waals surface area (Å²) in [5.74, 6) is 1.93. The third-order valence-corrected chi connectivity index (χ3v) is 5.93. The summed E-state index contributed by atoms with van der Waals surface area (Å²) in [6.07, 6.45) is 0. The number of benzene rings is 1. The smallest absolute Gasteiger partial charge is 0.193 e. The lowest BCUT2D eigenvalue weighted by Gasteiger charge is -2.39. The summed E-state index contributed by atoms with van der Waals surface area (Å²) in [5, 5.41) is 3.60. The summed E-state index contributed by atoms with van der Waals surface area (Å²) in [6, 6.07) is 8.83. The largest absolute Gasteiger partial charge is 0.497 e. The Hall–Kier alpha value is -1.99. The predicted octanol–water partition coefficient (Wildman–Crippen LogP) is 1.03. The van der Waals surface area contributed by atoms with Gasteiger partial charge in [-0.1, -0.05) is 6.07 Å². The number of ether oxygens (including phenoxy) is 1. The van der Waals surface area contributed by atoms with E-state index in [0.717, 1.165) is 70.6 Å². The molecule has 2 fully saturated rings. The number of likely N-dealkylation sites (N-methyl/N-ethyl adjacent to an activating group) is 1. The number of aliphatic imine (C=N–C) groups is 1. The van der Waals surface area contributed by atoms with Gasteiger partial charge < -0.3 is 24.8 Å². The van der Waals surface area contributed by atoms with Gasteiger partial charge in [0.1, 0.15) is 5.75 Å². The Morgan fingerprint density at radius 3 is 2.46 bits per heavy atom. The van der Waals surface area contributed by atoms with Crippen LogP contribution in [0.5, 0.6) is 5.75 Å². The fourth-order valence-corrected chi connectivity index (χ4v) is 3.95. The Morgan fingerprint density at radius 1 is 1.11 bits per heavy atom. The Kier molecular flexibility index (Phi) is 7.39. The standard InChI is InChI=1S/C21H36N6O/c1-18(25-10-8-24(3)9-11-25)17-23-21(22-2)27-14-12-26(13-15-27)19-6-5-7-20(16-19)28-4/h5-7,16,18H,8-15,17H2,1-4H3,(H,22,23). The number of anilines is 1. The van der Waals surface area contributed by atoms with E-state index in [0.29, 0.717) is 6.04 Å². The summed E-state index contributed by atoms with van der Waals surface area (Å²) < 4.78 is 5.36. The number of hydrogen-bond donors (Lipinski definition) is 1. The average molecular weight is 389 g/mol. The van der Waals surface area contributed by atoms with Gasteiger partial charge in [-0.15, -0.1) is 0 Å². The van der Waals surface area contributed by atoms with Crippen molar-refractivity contribution in [3.05, 3.63) is 24.3 Å². The maximum atomic E-state index is 5.36. The first-order valence-corrected chi connectivity index (χ1v) is 10.4. The Bertz CT molecular complexity index is 636. The van der Waals surface area contributed by atoms with Crippen LogP contribution < -0.4 is 15.0 Å². The van der Waals surface area contributed by atoms with Crippen LogP contribution in [0.15, 0.2) is 29.3 Å². The van der Waals surface area contributed by atoms with Gasteiger partial charge in [0.05, 0.1) is 7.11 Å². The summed E-state index contributed by atoms with van der Waals surface area (Å²) in [4.78, 5) is 14.3. The van der Waals surface area contributed by atoms with Crippen LogP contribution in [-0.4, -0.2) is 107 Å². The van der Waals surface area contributed by atoms with Crippen LogP contribution in [0.25, 0.3) is 0 Å². The Morgan fingerprint density at radius 2 is 1.82 bits per heavy atom. The maximum absolute atomic E-state index is 5.36. The topological polar surface area (TPSA) is 46.6 Å². The van der Waals surface area contributed by atoms with Crippen molar-refractivity contribution in [2.45, 2.75) is 13.0 Å². The Balaban J connectivity index is 1.47. The first-order chi connectivity index (χ1) is 13.6. The molecule has 0 aliphatic carbocycles. The SMILES string of the molecule is CN=C(NCC(C)N1CCN(C)CC1)N1CCN(c2cccc(OC)c2)CC1. The van der Waals surface area contributed by atoms with Crippen LogP contribution in [0.4, 0.5) is 5.69 Å². The van der Waals surface area contributed by atoms with E-state index in [4.69, 9.17) is 4.74 Å².